The van der Waals surface area contributed by atoms with Crippen LogP contribution in [0, 0.1) is 25.2 Å². The maximum absolute atomic E-state index is 9.65. The zero-order valence-corrected chi connectivity index (χ0v) is 17.5. The second kappa shape index (κ2) is 7.69. The predicted octanol–water partition coefficient (Wildman–Crippen LogP) is 3.03. The van der Waals surface area contributed by atoms with Gasteiger partial charge in [0.15, 0.2) is 5.82 Å². The molecule has 8 nitrogen and oxygen atoms in total. The first-order chi connectivity index (χ1) is 15.1. The number of hydrogen-bond acceptors (Lipinski definition) is 7. The van der Waals surface area contributed by atoms with E-state index >= 15 is 0 Å². The van der Waals surface area contributed by atoms with E-state index in [0.29, 0.717) is 5.56 Å². The third kappa shape index (κ3) is 3.44. The SMILES string of the molecule is Cc1cc(C)n(-c2cncc(N3CCN(c4c(C#N)cnc5ccccc45)CC3)n2)n1. The van der Waals surface area contributed by atoms with Crippen molar-refractivity contribution < 1.29 is 0 Å². The van der Waals surface area contributed by atoms with E-state index in [1.165, 1.54) is 0 Å². The number of para-hydroxylation sites is 1. The number of rotatable bonds is 3. The number of hydrogen-bond donors (Lipinski definition) is 0. The Kier molecular flexibility index (Phi) is 4.71. The minimum absolute atomic E-state index is 0.610. The third-order valence-electron chi connectivity index (χ3n) is 5.62. The lowest BCUT2D eigenvalue weighted by Gasteiger charge is -2.37. The highest BCUT2D eigenvalue weighted by Gasteiger charge is 2.23. The number of fused-ring (bicyclic) bond motifs is 1. The molecule has 31 heavy (non-hydrogen) atoms. The summed E-state index contributed by atoms with van der Waals surface area (Å²) in [6.45, 7) is 7.13. The maximum atomic E-state index is 9.65. The van der Waals surface area contributed by atoms with E-state index in [1.54, 1.807) is 18.6 Å². The van der Waals surface area contributed by atoms with Crippen LogP contribution in [0.3, 0.4) is 0 Å². The zero-order valence-electron chi connectivity index (χ0n) is 17.5. The van der Waals surface area contributed by atoms with Crippen LogP contribution < -0.4 is 9.80 Å². The predicted molar refractivity (Wildman–Crippen MR) is 120 cm³/mol. The Bertz CT molecular complexity index is 1290. The average Bonchev–Trinajstić information content (AvgIpc) is 3.16. The second-order valence-electron chi connectivity index (χ2n) is 7.70. The lowest BCUT2D eigenvalue weighted by atomic mass is 10.1. The third-order valence-corrected chi connectivity index (χ3v) is 5.62. The van der Waals surface area contributed by atoms with E-state index in [1.807, 2.05) is 48.9 Å². The van der Waals surface area contributed by atoms with Gasteiger partial charge in [-0.2, -0.15) is 10.4 Å². The first kappa shape index (κ1) is 19.0. The number of aryl methyl sites for hydroxylation is 2. The van der Waals surface area contributed by atoms with Crippen LogP contribution >= 0.6 is 0 Å². The molecule has 0 spiro atoms. The summed E-state index contributed by atoms with van der Waals surface area (Å²) in [5.74, 6) is 1.56. The van der Waals surface area contributed by atoms with Gasteiger partial charge in [0.05, 0.1) is 34.9 Å². The fourth-order valence-electron chi connectivity index (χ4n) is 4.17. The van der Waals surface area contributed by atoms with Gasteiger partial charge < -0.3 is 9.80 Å². The summed E-state index contributed by atoms with van der Waals surface area (Å²) in [5, 5.41) is 15.2. The summed E-state index contributed by atoms with van der Waals surface area (Å²) in [6.07, 6.45) is 5.21. The molecular formula is C23H22N8. The Labute approximate surface area is 180 Å². The number of pyridine rings is 1. The van der Waals surface area contributed by atoms with E-state index in [-0.39, 0.29) is 0 Å². The van der Waals surface area contributed by atoms with Gasteiger partial charge in [-0.3, -0.25) is 9.97 Å². The fraction of sp³-hybridized carbons (Fsp3) is 0.261. The van der Waals surface area contributed by atoms with Gasteiger partial charge in [-0.1, -0.05) is 18.2 Å². The molecule has 3 aromatic heterocycles. The van der Waals surface area contributed by atoms with Crippen molar-refractivity contribution in [1.82, 2.24) is 24.7 Å². The van der Waals surface area contributed by atoms with Gasteiger partial charge in [-0.25, -0.2) is 9.67 Å². The molecule has 4 aromatic rings. The summed E-state index contributed by atoms with van der Waals surface area (Å²) in [6, 6.07) is 12.3. The van der Waals surface area contributed by atoms with Crippen molar-refractivity contribution in [2.75, 3.05) is 36.0 Å². The standard InChI is InChI=1S/C23H22N8/c1-16-11-17(2)31(28-16)22-15-25-14-21(27-22)29-7-9-30(10-8-29)23-18(12-24)13-26-20-6-4-3-5-19(20)23/h3-6,11,13-15H,7-10H2,1-2H3. The molecule has 0 aliphatic carbocycles. The largest absolute Gasteiger partial charge is 0.366 e. The summed E-state index contributed by atoms with van der Waals surface area (Å²) in [4.78, 5) is 18.1. The van der Waals surface area contributed by atoms with Crippen LogP contribution in [0.4, 0.5) is 11.5 Å². The van der Waals surface area contributed by atoms with Crippen molar-refractivity contribution >= 4 is 22.4 Å². The molecule has 1 aliphatic rings. The molecule has 1 aromatic carbocycles. The molecule has 0 saturated carbocycles. The van der Waals surface area contributed by atoms with Crippen molar-refractivity contribution in [3.8, 4) is 11.9 Å². The molecule has 0 unspecified atom stereocenters. The Hall–Kier alpha value is -3.99. The number of piperazine rings is 1. The second-order valence-corrected chi connectivity index (χ2v) is 7.70. The Balaban J connectivity index is 1.40. The van der Waals surface area contributed by atoms with E-state index in [0.717, 1.165) is 65.8 Å². The minimum Gasteiger partial charge on any atom is -0.366 e. The number of aromatic nitrogens is 5. The molecule has 0 N–H and O–H groups in total. The van der Waals surface area contributed by atoms with Gasteiger partial charge in [0.2, 0.25) is 0 Å². The molecule has 8 heteroatoms. The van der Waals surface area contributed by atoms with E-state index in [2.05, 4.69) is 30.9 Å². The van der Waals surface area contributed by atoms with E-state index in [4.69, 9.17) is 4.98 Å². The molecule has 0 amide bonds. The molecular weight excluding hydrogens is 388 g/mol. The lowest BCUT2D eigenvalue weighted by molar-refractivity contribution is 0.645. The van der Waals surface area contributed by atoms with Gasteiger partial charge in [-0.05, 0) is 26.0 Å². The summed E-state index contributed by atoms with van der Waals surface area (Å²) in [5.41, 5.74) is 4.47. The van der Waals surface area contributed by atoms with Crippen molar-refractivity contribution in [3.63, 3.8) is 0 Å². The first-order valence-corrected chi connectivity index (χ1v) is 10.3. The van der Waals surface area contributed by atoms with Gasteiger partial charge in [-0.15, -0.1) is 0 Å². The van der Waals surface area contributed by atoms with Crippen LogP contribution in [0.2, 0.25) is 0 Å². The van der Waals surface area contributed by atoms with Gasteiger partial charge in [0.25, 0.3) is 0 Å². The molecule has 0 atom stereocenters. The molecule has 0 radical (unpaired) electrons. The topological polar surface area (TPSA) is 86.8 Å². The molecule has 5 rings (SSSR count). The highest BCUT2D eigenvalue weighted by atomic mass is 15.3. The highest BCUT2D eigenvalue weighted by Crippen LogP contribution is 2.30. The normalized spacial score (nSPS) is 14.1. The molecule has 1 fully saturated rings. The summed E-state index contributed by atoms with van der Waals surface area (Å²) < 4.78 is 1.82. The molecule has 1 aliphatic heterocycles. The van der Waals surface area contributed by atoms with Crippen molar-refractivity contribution in [3.05, 3.63) is 65.9 Å². The minimum atomic E-state index is 0.610. The zero-order chi connectivity index (χ0) is 21.4. The van der Waals surface area contributed by atoms with Crippen LogP contribution in [-0.2, 0) is 0 Å². The van der Waals surface area contributed by atoms with Gasteiger partial charge in [0.1, 0.15) is 11.9 Å². The van der Waals surface area contributed by atoms with Crippen LogP contribution in [0.25, 0.3) is 16.7 Å². The van der Waals surface area contributed by atoms with Crippen LogP contribution in [0.1, 0.15) is 17.0 Å². The number of nitriles is 1. The number of anilines is 2. The quantitative estimate of drug-likeness (QED) is 0.513. The Morgan fingerprint density at radius 3 is 2.42 bits per heavy atom. The first-order valence-electron chi connectivity index (χ1n) is 10.3. The Morgan fingerprint density at radius 2 is 1.68 bits per heavy atom. The maximum Gasteiger partial charge on any atom is 0.174 e. The molecule has 4 heterocycles. The summed E-state index contributed by atoms with van der Waals surface area (Å²) >= 11 is 0. The van der Waals surface area contributed by atoms with E-state index < -0.39 is 0 Å². The Morgan fingerprint density at radius 1 is 0.935 bits per heavy atom. The van der Waals surface area contributed by atoms with Crippen LogP contribution in [-0.4, -0.2) is 50.9 Å². The average molecular weight is 410 g/mol. The van der Waals surface area contributed by atoms with E-state index in [9.17, 15) is 5.26 Å². The smallest absolute Gasteiger partial charge is 0.174 e. The van der Waals surface area contributed by atoms with Crippen LogP contribution in [0.5, 0.6) is 0 Å². The van der Waals surface area contributed by atoms with Crippen molar-refractivity contribution in [1.29, 1.82) is 5.26 Å². The number of benzene rings is 1. The molecule has 154 valence electrons. The number of nitrogens with zero attached hydrogens (tertiary/aromatic N) is 8. The molecule has 0 bridgehead atoms. The van der Waals surface area contributed by atoms with Crippen molar-refractivity contribution in [2.45, 2.75) is 13.8 Å². The van der Waals surface area contributed by atoms with Crippen LogP contribution in [0.15, 0.2) is 48.9 Å². The van der Waals surface area contributed by atoms with Gasteiger partial charge >= 0.3 is 0 Å². The monoisotopic (exact) mass is 410 g/mol. The molecule has 1 saturated heterocycles. The lowest BCUT2D eigenvalue weighted by Crippen LogP contribution is -2.47. The fourth-order valence-corrected chi connectivity index (χ4v) is 4.17. The summed E-state index contributed by atoms with van der Waals surface area (Å²) in [7, 11) is 0. The van der Waals surface area contributed by atoms with Crippen molar-refractivity contribution in [2.24, 2.45) is 0 Å². The highest BCUT2D eigenvalue weighted by molar-refractivity contribution is 5.94. The van der Waals surface area contributed by atoms with Gasteiger partial charge in [0, 0.05) is 43.5 Å².